The van der Waals surface area contributed by atoms with E-state index in [9.17, 15) is 0 Å². The van der Waals surface area contributed by atoms with Crippen molar-refractivity contribution in [2.75, 3.05) is 11.9 Å². The van der Waals surface area contributed by atoms with Crippen LogP contribution in [0.5, 0.6) is 5.75 Å². The number of nitrogens with zero attached hydrogens (tertiary/aromatic N) is 3. The van der Waals surface area contributed by atoms with E-state index in [1.165, 1.54) is 0 Å². The highest BCUT2D eigenvalue weighted by Gasteiger charge is 2.09. The van der Waals surface area contributed by atoms with Crippen LogP contribution < -0.4 is 10.1 Å². The number of nitriles is 3. The van der Waals surface area contributed by atoms with Crippen molar-refractivity contribution in [1.29, 1.82) is 15.8 Å². The first-order valence-electron chi connectivity index (χ1n) is 5.70. The standard InChI is InChI=1S/C15H12N4O/c1-11(2)10-20-15-6-4-3-5-13(15)19-14(9-18)12(7-16)8-17/h3-6,19H,1,10H2,2H3. The Bertz CT molecular complexity index is 652. The number of nitrogens with one attached hydrogen (secondary N) is 1. The number of rotatable bonds is 5. The fraction of sp³-hybridized carbons (Fsp3) is 0.133. The average molecular weight is 264 g/mol. The molecule has 98 valence electrons. The zero-order valence-electron chi connectivity index (χ0n) is 11.0. The van der Waals surface area contributed by atoms with E-state index in [1.807, 2.05) is 6.92 Å². The van der Waals surface area contributed by atoms with Crippen LogP contribution in [-0.2, 0) is 0 Å². The number of allylic oxidation sites excluding steroid dienone is 2. The summed E-state index contributed by atoms with van der Waals surface area (Å²) in [5.41, 5.74) is 0.975. The van der Waals surface area contributed by atoms with Crippen molar-refractivity contribution in [3.63, 3.8) is 0 Å². The van der Waals surface area contributed by atoms with Crippen LogP contribution in [0.4, 0.5) is 5.69 Å². The number of hydrogen-bond donors (Lipinski definition) is 1. The summed E-state index contributed by atoms with van der Waals surface area (Å²) in [5.74, 6) is 0.512. The number of anilines is 1. The second-order valence-electron chi connectivity index (χ2n) is 3.95. The normalized spacial score (nSPS) is 8.50. The Morgan fingerprint density at radius 2 is 1.85 bits per heavy atom. The summed E-state index contributed by atoms with van der Waals surface area (Å²) in [7, 11) is 0. The fourth-order valence-corrected chi connectivity index (χ4v) is 1.31. The maximum Gasteiger partial charge on any atom is 0.163 e. The van der Waals surface area contributed by atoms with Crippen molar-refractivity contribution < 1.29 is 4.74 Å². The second-order valence-corrected chi connectivity index (χ2v) is 3.95. The molecule has 0 saturated carbocycles. The quantitative estimate of drug-likeness (QED) is 0.652. The maximum atomic E-state index is 9.00. The minimum Gasteiger partial charge on any atom is -0.487 e. The smallest absolute Gasteiger partial charge is 0.163 e. The molecule has 0 saturated heterocycles. The van der Waals surface area contributed by atoms with Gasteiger partial charge in [-0.1, -0.05) is 18.7 Å². The van der Waals surface area contributed by atoms with Crippen molar-refractivity contribution in [2.24, 2.45) is 0 Å². The van der Waals surface area contributed by atoms with Gasteiger partial charge in [0, 0.05) is 0 Å². The molecule has 0 atom stereocenters. The molecule has 0 amide bonds. The molecule has 0 aliphatic carbocycles. The van der Waals surface area contributed by atoms with E-state index in [0.29, 0.717) is 18.0 Å². The predicted octanol–water partition coefficient (Wildman–Crippen LogP) is 2.88. The van der Waals surface area contributed by atoms with Gasteiger partial charge in [0.05, 0.1) is 5.69 Å². The molecule has 0 aliphatic rings. The SMILES string of the molecule is C=C(C)COc1ccccc1NC(C#N)=C(C#N)C#N. The largest absolute Gasteiger partial charge is 0.487 e. The molecule has 0 aliphatic heterocycles. The number of hydrogen-bond acceptors (Lipinski definition) is 5. The zero-order valence-corrected chi connectivity index (χ0v) is 11.0. The molecule has 1 rings (SSSR count). The van der Waals surface area contributed by atoms with E-state index < -0.39 is 0 Å². The fourth-order valence-electron chi connectivity index (χ4n) is 1.31. The van der Waals surface area contributed by atoms with Crippen LogP contribution >= 0.6 is 0 Å². The van der Waals surface area contributed by atoms with Crippen molar-refractivity contribution in [3.8, 4) is 24.0 Å². The average Bonchev–Trinajstić information content (AvgIpc) is 2.46. The minimum absolute atomic E-state index is 0.110. The third-order valence-electron chi connectivity index (χ3n) is 2.21. The molecule has 0 heterocycles. The Morgan fingerprint density at radius 3 is 2.40 bits per heavy atom. The van der Waals surface area contributed by atoms with Crippen LogP contribution in [0.3, 0.4) is 0 Å². The molecule has 0 spiro atoms. The first-order valence-corrected chi connectivity index (χ1v) is 5.70. The van der Waals surface area contributed by atoms with Gasteiger partial charge in [-0.25, -0.2) is 0 Å². The van der Waals surface area contributed by atoms with Gasteiger partial charge >= 0.3 is 0 Å². The zero-order chi connectivity index (χ0) is 15.0. The van der Waals surface area contributed by atoms with Crippen LogP contribution in [-0.4, -0.2) is 6.61 Å². The lowest BCUT2D eigenvalue weighted by Gasteiger charge is -2.12. The molecule has 5 nitrogen and oxygen atoms in total. The van der Waals surface area contributed by atoms with Gasteiger partial charge in [0.2, 0.25) is 0 Å². The molecule has 0 radical (unpaired) electrons. The number of ether oxygens (including phenoxy) is 1. The van der Waals surface area contributed by atoms with Gasteiger partial charge in [-0.2, -0.15) is 15.8 Å². The van der Waals surface area contributed by atoms with Gasteiger partial charge in [0.15, 0.2) is 5.57 Å². The minimum atomic E-state index is -0.276. The molecule has 0 fully saturated rings. The lowest BCUT2D eigenvalue weighted by atomic mass is 10.2. The third-order valence-corrected chi connectivity index (χ3v) is 2.21. The highest BCUT2D eigenvalue weighted by molar-refractivity contribution is 5.64. The Balaban J connectivity index is 3.07. The maximum absolute atomic E-state index is 9.00. The van der Waals surface area contributed by atoms with Crippen molar-refractivity contribution in [3.05, 3.63) is 47.7 Å². The Kier molecular flexibility index (Phi) is 5.38. The molecule has 20 heavy (non-hydrogen) atoms. The Labute approximate surface area is 117 Å². The second kappa shape index (κ2) is 7.26. The van der Waals surface area contributed by atoms with Crippen molar-refractivity contribution in [2.45, 2.75) is 6.92 Å². The van der Waals surface area contributed by atoms with E-state index in [-0.39, 0.29) is 11.3 Å². The molecular formula is C15H12N4O. The highest BCUT2D eigenvalue weighted by atomic mass is 16.5. The third kappa shape index (κ3) is 3.91. The van der Waals surface area contributed by atoms with Crippen LogP contribution in [0.25, 0.3) is 0 Å². The number of benzene rings is 1. The van der Waals surface area contributed by atoms with E-state index in [1.54, 1.807) is 42.5 Å². The number of para-hydroxylation sites is 2. The van der Waals surface area contributed by atoms with Crippen LogP contribution in [0.15, 0.2) is 47.7 Å². The van der Waals surface area contributed by atoms with Gasteiger partial charge in [-0.15, -0.1) is 0 Å². The van der Waals surface area contributed by atoms with Gasteiger partial charge in [-0.3, -0.25) is 0 Å². The molecule has 0 unspecified atom stereocenters. The van der Waals surface area contributed by atoms with E-state index >= 15 is 0 Å². The molecule has 1 N–H and O–H groups in total. The summed E-state index contributed by atoms with van der Waals surface area (Å²) in [5, 5.41) is 29.3. The van der Waals surface area contributed by atoms with E-state index in [0.717, 1.165) is 5.57 Å². The van der Waals surface area contributed by atoms with Crippen LogP contribution in [0.1, 0.15) is 6.92 Å². The van der Waals surface area contributed by atoms with E-state index in [2.05, 4.69) is 11.9 Å². The van der Waals surface area contributed by atoms with Crippen LogP contribution in [0, 0.1) is 34.0 Å². The predicted molar refractivity (Wildman–Crippen MR) is 74.2 cm³/mol. The molecule has 1 aromatic rings. The van der Waals surface area contributed by atoms with E-state index in [4.69, 9.17) is 20.5 Å². The summed E-state index contributed by atoms with van der Waals surface area (Å²) < 4.78 is 5.53. The van der Waals surface area contributed by atoms with Crippen molar-refractivity contribution in [1.82, 2.24) is 0 Å². The summed E-state index contributed by atoms with van der Waals surface area (Å²) in [6.45, 7) is 5.91. The van der Waals surface area contributed by atoms with Gasteiger partial charge in [0.25, 0.3) is 0 Å². The molecule has 1 aromatic carbocycles. The first-order chi connectivity index (χ1) is 9.62. The van der Waals surface area contributed by atoms with Gasteiger partial charge in [0.1, 0.15) is 36.3 Å². The topological polar surface area (TPSA) is 92.6 Å². The molecule has 5 heteroatoms. The Morgan fingerprint density at radius 1 is 1.20 bits per heavy atom. The van der Waals surface area contributed by atoms with Gasteiger partial charge in [-0.05, 0) is 24.6 Å². The molecule has 0 aromatic heterocycles. The molecular weight excluding hydrogens is 252 g/mol. The lowest BCUT2D eigenvalue weighted by molar-refractivity contribution is 0.354. The summed E-state index contributed by atoms with van der Waals surface area (Å²) in [4.78, 5) is 0. The molecule has 0 bridgehead atoms. The summed E-state index contributed by atoms with van der Waals surface area (Å²) in [6.07, 6.45) is 0. The Hall–Kier alpha value is -3.23. The summed E-state index contributed by atoms with van der Waals surface area (Å²) >= 11 is 0. The highest BCUT2D eigenvalue weighted by Crippen LogP contribution is 2.26. The first kappa shape index (κ1) is 14.8. The lowest BCUT2D eigenvalue weighted by Crippen LogP contribution is -2.04. The van der Waals surface area contributed by atoms with Crippen LogP contribution in [0.2, 0.25) is 0 Å². The monoisotopic (exact) mass is 264 g/mol. The van der Waals surface area contributed by atoms with Crippen molar-refractivity contribution >= 4 is 5.69 Å². The van der Waals surface area contributed by atoms with Gasteiger partial charge < -0.3 is 10.1 Å². The summed E-state index contributed by atoms with van der Waals surface area (Å²) in [6, 6.07) is 12.1.